The Morgan fingerprint density at radius 2 is 1.81 bits per heavy atom. The monoisotopic (exact) mass is 218 g/mol. The first kappa shape index (κ1) is 11.5. The van der Waals surface area contributed by atoms with Crippen LogP contribution in [0.25, 0.3) is 0 Å². The fraction of sp³-hybridized carbons (Fsp3) is 0.571. The minimum Gasteiger partial charge on any atom is -0.399 e. The van der Waals surface area contributed by atoms with Crippen LogP contribution in [0.2, 0.25) is 0 Å². The van der Waals surface area contributed by atoms with E-state index >= 15 is 0 Å². The lowest BCUT2D eigenvalue weighted by molar-refractivity contribution is 0.226. The fourth-order valence-electron chi connectivity index (χ4n) is 2.44. The molecule has 1 aromatic rings. The summed E-state index contributed by atoms with van der Waals surface area (Å²) in [4.78, 5) is 2.59. The Kier molecular flexibility index (Phi) is 4.23. The predicted octanol–water partition coefficient (Wildman–Crippen LogP) is 2.69. The molecule has 1 fully saturated rings. The zero-order valence-electron chi connectivity index (χ0n) is 9.99. The molecule has 1 aliphatic rings. The van der Waals surface area contributed by atoms with Crippen molar-refractivity contribution in [3.63, 3.8) is 0 Å². The van der Waals surface area contributed by atoms with Gasteiger partial charge in [0.15, 0.2) is 0 Å². The van der Waals surface area contributed by atoms with Crippen LogP contribution in [0, 0.1) is 0 Å². The van der Waals surface area contributed by atoms with Gasteiger partial charge >= 0.3 is 0 Å². The van der Waals surface area contributed by atoms with Crippen LogP contribution >= 0.6 is 0 Å². The summed E-state index contributed by atoms with van der Waals surface area (Å²) in [6.07, 6.45) is 6.53. The van der Waals surface area contributed by atoms with E-state index in [1.165, 1.54) is 50.9 Å². The second-order valence-corrected chi connectivity index (χ2v) is 4.70. The van der Waals surface area contributed by atoms with Gasteiger partial charge in [-0.1, -0.05) is 24.6 Å². The van der Waals surface area contributed by atoms with Gasteiger partial charge in [-0.3, -0.25) is 0 Å². The van der Waals surface area contributed by atoms with Gasteiger partial charge in [-0.25, -0.2) is 0 Å². The van der Waals surface area contributed by atoms with Crippen LogP contribution in [0.1, 0.15) is 31.2 Å². The van der Waals surface area contributed by atoms with E-state index in [1.54, 1.807) is 0 Å². The molecule has 16 heavy (non-hydrogen) atoms. The van der Waals surface area contributed by atoms with E-state index < -0.39 is 0 Å². The maximum Gasteiger partial charge on any atom is 0.0346 e. The van der Waals surface area contributed by atoms with Gasteiger partial charge in [0.1, 0.15) is 0 Å². The molecule has 0 spiro atoms. The van der Waals surface area contributed by atoms with Gasteiger partial charge in [-0.05, 0) is 56.9 Å². The summed E-state index contributed by atoms with van der Waals surface area (Å²) in [6.45, 7) is 3.82. The van der Waals surface area contributed by atoms with Crippen LogP contribution in [0.15, 0.2) is 24.3 Å². The van der Waals surface area contributed by atoms with Crippen molar-refractivity contribution in [2.24, 2.45) is 0 Å². The second-order valence-electron chi connectivity index (χ2n) is 4.70. The molecule has 0 radical (unpaired) electrons. The Balaban J connectivity index is 1.73. The average molecular weight is 218 g/mol. The van der Waals surface area contributed by atoms with Gasteiger partial charge in [0, 0.05) is 5.69 Å². The van der Waals surface area contributed by atoms with Crippen LogP contribution in [0.5, 0.6) is 0 Å². The Labute approximate surface area is 98.4 Å². The first-order chi connectivity index (χ1) is 7.86. The zero-order valence-corrected chi connectivity index (χ0v) is 9.99. The van der Waals surface area contributed by atoms with E-state index in [2.05, 4.69) is 17.0 Å². The number of nitrogens with zero attached hydrogens (tertiary/aromatic N) is 1. The third-order valence-corrected chi connectivity index (χ3v) is 3.42. The molecule has 1 aromatic carbocycles. The molecule has 2 N–H and O–H groups in total. The molecule has 1 heterocycles. The van der Waals surface area contributed by atoms with Crippen molar-refractivity contribution in [2.45, 2.75) is 32.1 Å². The molecule has 0 atom stereocenters. The smallest absolute Gasteiger partial charge is 0.0346 e. The Morgan fingerprint density at radius 3 is 2.56 bits per heavy atom. The Morgan fingerprint density at radius 1 is 1.06 bits per heavy atom. The SMILES string of the molecule is Nc1ccccc1CCCN1CCCCC1. The lowest BCUT2D eigenvalue weighted by atomic mass is 10.1. The molecular formula is C14H22N2. The average Bonchev–Trinajstić information content (AvgIpc) is 2.33. The summed E-state index contributed by atoms with van der Waals surface area (Å²) >= 11 is 0. The van der Waals surface area contributed by atoms with E-state index in [4.69, 9.17) is 5.73 Å². The Bertz CT molecular complexity index is 316. The number of nitrogens with two attached hydrogens (primary N) is 1. The summed E-state index contributed by atoms with van der Waals surface area (Å²) in [5.74, 6) is 0. The molecule has 0 saturated carbocycles. The molecule has 2 nitrogen and oxygen atoms in total. The van der Waals surface area contributed by atoms with Crippen molar-refractivity contribution >= 4 is 5.69 Å². The van der Waals surface area contributed by atoms with Crippen molar-refractivity contribution in [1.82, 2.24) is 4.90 Å². The van der Waals surface area contributed by atoms with Crippen LogP contribution < -0.4 is 5.73 Å². The number of anilines is 1. The van der Waals surface area contributed by atoms with Crippen LogP contribution in [-0.2, 0) is 6.42 Å². The highest BCUT2D eigenvalue weighted by atomic mass is 15.1. The molecule has 1 aliphatic heterocycles. The summed E-state index contributed by atoms with van der Waals surface area (Å²) in [7, 11) is 0. The van der Waals surface area contributed by atoms with E-state index in [1.807, 2.05) is 12.1 Å². The predicted molar refractivity (Wildman–Crippen MR) is 69.5 cm³/mol. The van der Waals surface area contributed by atoms with Crippen molar-refractivity contribution in [2.75, 3.05) is 25.4 Å². The normalized spacial score (nSPS) is 17.5. The van der Waals surface area contributed by atoms with Gasteiger partial charge in [-0.15, -0.1) is 0 Å². The molecule has 0 aliphatic carbocycles. The molecule has 0 amide bonds. The topological polar surface area (TPSA) is 29.3 Å². The molecule has 0 unspecified atom stereocenters. The quantitative estimate of drug-likeness (QED) is 0.787. The van der Waals surface area contributed by atoms with Gasteiger partial charge in [0.05, 0.1) is 0 Å². The highest BCUT2D eigenvalue weighted by molar-refractivity contribution is 5.46. The van der Waals surface area contributed by atoms with Crippen LogP contribution in [0.4, 0.5) is 5.69 Å². The number of hydrogen-bond donors (Lipinski definition) is 1. The molecule has 88 valence electrons. The number of benzene rings is 1. The summed E-state index contributed by atoms with van der Waals surface area (Å²) in [5.41, 5.74) is 8.18. The number of rotatable bonds is 4. The largest absolute Gasteiger partial charge is 0.399 e. The van der Waals surface area contributed by atoms with Crippen molar-refractivity contribution in [3.05, 3.63) is 29.8 Å². The maximum absolute atomic E-state index is 5.93. The third-order valence-electron chi connectivity index (χ3n) is 3.42. The minimum atomic E-state index is 0.946. The zero-order chi connectivity index (χ0) is 11.2. The van der Waals surface area contributed by atoms with Crippen molar-refractivity contribution in [1.29, 1.82) is 0 Å². The molecule has 2 heteroatoms. The van der Waals surface area contributed by atoms with Crippen LogP contribution in [-0.4, -0.2) is 24.5 Å². The number of aryl methyl sites for hydroxylation is 1. The Hall–Kier alpha value is -1.02. The summed E-state index contributed by atoms with van der Waals surface area (Å²) in [6, 6.07) is 8.22. The number of likely N-dealkylation sites (tertiary alicyclic amines) is 1. The third kappa shape index (κ3) is 3.24. The molecule has 1 saturated heterocycles. The number of hydrogen-bond acceptors (Lipinski definition) is 2. The lowest BCUT2D eigenvalue weighted by Crippen LogP contribution is -2.30. The first-order valence-electron chi connectivity index (χ1n) is 6.42. The number of piperidine rings is 1. The number of nitrogen functional groups attached to an aromatic ring is 1. The molecule has 0 aromatic heterocycles. The van der Waals surface area contributed by atoms with E-state index in [9.17, 15) is 0 Å². The summed E-state index contributed by atoms with van der Waals surface area (Å²) < 4.78 is 0. The maximum atomic E-state index is 5.93. The van der Waals surface area contributed by atoms with Gasteiger partial charge in [0.25, 0.3) is 0 Å². The minimum absolute atomic E-state index is 0.946. The van der Waals surface area contributed by atoms with Crippen molar-refractivity contribution < 1.29 is 0 Å². The van der Waals surface area contributed by atoms with Gasteiger partial charge < -0.3 is 10.6 Å². The van der Waals surface area contributed by atoms with Gasteiger partial charge in [0.2, 0.25) is 0 Å². The molecular weight excluding hydrogens is 196 g/mol. The number of para-hydroxylation sites is 1. The van der Waals surface area contributed by atoms with E-state index in [0.29, 0.717) is 0 Å². The van der Waals surface area contributed by atoms with E-state index in [0.717, 1.165) is 12.1 Å². The standard InChI is InChI=1S/C14H22N2/c15-14-9-3-2-7-13(14)8-6-12-16-10-4-1-5-11-16/h2-3,7,9H,1,4-6,8,10-12,15H2. The second kappa shape index (κ2) is 5.90. The van der Waals surface area contributed by atoms with E-state index in [-0.39, 0.29) is 0 Å². The van der Waals surface area contributed by atoms with Crippen LogP contribution in [0.3, 0.4) is 0 Å². The highest BCUT2D eigenvalue weighted by Gasteiger charge is 2.09. The fourth-order valence-corrected chi connectivity index (χ4v) is 2.44. The lowest BCUT2D eigenvalue weighted by Gasteiger charge is -2.26. The van der Waals surface area contributed by atoms with Crippen molar-refractivity contribution in [3.8, 4) is 0 Å². The molecule has 2 rings (SSSR count). The molecule has 0 bridgehead atoms. The highest BCUT2D eigenvalue weighted by Crippen LogP contribution is 2.14. The first-order valence-corrected chi connectivity index (χ1v) is 6.42. The van der Waals surface area contributed by atoms with Gasteiger partial charge in [-0.2, -0.15) is 0 Å². The summed E-state index contributed by atoms with van der Waals surface area (Å²) in [5, 5.41) is 0.